The number of carbonyl (C=O) groups is 1. The predicted molar refractivity (Wildman–Crippen MR) is 72.0 cm³/mol. The van der Waals surface area contributed by atoms with Crippen LogP contribution in [0.25, 0.3) is 0 Å². The van der Waals surface area contributed by atoms with Crippen molar-refractivity contribution in [2.45, 2.75) is 6.92 Å². The van der Waals surface area contributed by atoms with Crippen LogP contribution in [-0.2, 0) is 0 Å². The average molecular weight is 290 g/mol. The van der Waals surface area contributed by atoms with Crippen LogP contribution >= 0.6 is 0 Å². The number of halogens is 2. The fourth-order valence-electron chi connectivity index (χ4n) is 2.25. The van der Waals surface area contributed by atoms with Gasteiger partial charge in [-0.05, 0) is 30.7 Å². The Bertz CT molecular complexity index is 726. The van der Waals surface area contributed by atoms with Gasteiger partial charge in [0.1, 0.15) is 24.8 Å². The zero-order chi connectivity index (χ0) is 15.0. The van der Waals surface area contributed by atoms with Gasteiger partial charge in [0.05, 0.1) is 11.1 Å². The van der Waals surface area contributed by atoms with Gasteiger partial charge in [-0.15, -0.1) is 0 Å². The minimum Gasteiger partial charge on any atom is -0.486 e. The molecule has 21 heavy (non-hydrogen) atoms. The summed E-state index contributed by atoms with van der Waals surface area (Å²) in [7, 11) is 0. The van der Waals surface area contributed by atoms with Gasteiger partial charge in [0.2, 0.25) is 5.78 Å². The molecule has 1 heterocycles. The third-order valence-corrected chi connectivity index (χ3v) is 3.32. The number of hydrogen-bond acceptors (Lipinski definition) is 3. The molecule has 1 aliphatic heterocycles. The van der Waals surface area contributed by atoms with Crippen molar-refractivity contribution in [3.63, 3.8) is 0 Å². The van der Waals surface area contributed by atoms with Gasteiger partial charge in [0.25, 0.3) is 0 Å². The Morgan fingerprint density at radius 3 is 2.67 bits per heavy atom. The number of ketones is 1. The van der Waals surface area contributed by atoms with Gasteiger partial charge in [-0.2, -0.15) is 0 Å². The summed E-state index contributed by atoms with van der Waals surface area (Å²) in [6.45, 7) is 2.14. The fraction of sp³-hybridized carbons (Fsp3) is 0.188. The van der Waals surface area contributed by atoms with Crippen molar-refractivity contribution in [3.8, 4) is 11.5 Å². The Balaban J connectivity index is 2.14. The molecule has 0 N–H and O–H groups in total. The van der Waals surface area contributed by atoms with Crippen LogP contribution in [0.15, 0.2) is 30.3 Å². The van der Waals surface area contributed by atoms with Crippen LogP contribution in [0, 0.1) is 18.6 Å². The first kappa shape index (κ1) is 13.5. The molecule has 0 aromatic heterocycles. The van der Waals surface area contributed by atoms with Gasteiger partial charge in [-0.3, -0.25) is 4.79 Å². The SMILES string of the molecule is Cc1ccc(F)c(C(=O)c2cccc3c2OCCO3)c1F. The number of ether oxygens (including phenoxy) is 2. The Kier molecular flexibility index (Phi) is 3.33. The van der Waals surface area contributed by atoms with Gasteiger partial charge in [-0.25, -0.2) is 8.78 Å². The quantitative estimate of drug-likeness (QED) is 0.796. The van der Waals surface area contributed by atoms with Crippen molar-refractivity contribution < 1.29 is 23.0 Å². The van der Waals surface area contributed by atoms with E-state index in [1.165, 1.54) is 19.1 Å². The van der Waals surface area contributed by atoms with Crippen LogP contribution in [-0.4, -0.2) is 19.0 Å². The molecule has 0 unspecified atom stereocenters. The monoisotopic (exact) mass is 290 g/mol. The molecular formula is C16H12F2O3. The highest BCUT2D eigenvalue weighted by atomic mass is 19.1. The minimum atomic E-state index is -0.891. The van der Waals surface area contributed by atoms with Gasteiger partial charge < -0.3 is 9.47 Å². The van der Waals surface area contributed by atoms with Crippen LogP contribution in [0.5, 0.6) is 11.5 Å². The lowest BCUT2D eigenvalue weighted by Gasteiger charge is -2.20. The second-order valence-corrected chi connectivity index (χ2v) is 4.71. The summed E-state index contributed by atoms with van der Waals surface area (Å²) >= 11 is 0. The highest BCUT2D eigenvalue weighted by Gasteiger charge is 2.26. The maximum atomic E-state index is 14.1. The number of rotatable bonds is 2. The summed E-state index contributed by atoms with van der Waals surface area (Å²) in [4.78, 5) is 12.5. The fourth-order valence-corrected chi connectivity index (χ4v) is 2.25. The molecule has 0 aliphatic carbocycles. The highest BCUT2D eigenvalue weighted by molar-refractivity contribution is 6.11. The molecule has 0 amide bonds. The van der Waals surface area contributed by atoms with E-state index in [4.69, 9.17) is 9.47 Å². The van der Waals surface area contributed by atoms with E-state index in [-0.39, 0.29) is 23.5 Å². The second-order valence-electron chi connectivity index (χ2n) is 4.71. The van der Waals surface area contributed by atoms with E-state index in [0.717, 1.165) is 6.07 Å². The molecule has 0 fully saturated rings. The molecule has 108 valence electrons. The summed E-state index contributed by atoms with van der Waals surface area (Å²) in [6.07, 6.45) is 0. The molecule has 0 spiro atoms. The summed E-state index contributed by atoms with van der Waals surface area (Å²) in [6, 6.07) is 7.08. The molecule has 0 saturated heterocycles. The van der Waals surface area contributed by atoms with Crippen molar-refractivity contribution in [2.24, 2.45) is 0 Å². The summed E-state index contributed by atoms with van der Waals surface area (Å²) in [5.41, 5.74) is -0.269. The average Bonchev–Trinajstić information content (AvgIpc) is 2.50. The van der Waals surface area contributed by atoms with Crippen molar-refractivity contribution in [1.29, 1.82) is 0 Å². The Hall–Kier alpha value is -2.43. The normalized spacial score (nSPS) is 13.1. The lowest BCUT2D eigenvalue weighted by atomic mass is 9.99. The van der Waals surface area contributed by atoms with Crippen molar-refractivity contribution in [1.82, 2.24) is 0 Å². The van der Waals surface area contributed by atoms with Crippen LogP contribution in [0.3, 0.4) is 0 Å². The van der Waals surface area contributed by atoms with E-state index >= 15 is 0 Å². The van der Waals surface area contributed by atoms with Crippen LogP contribution in [0.4, 0.5) is 8.78 Å². The number of hydrogen-bond donors (Lipinski definition) is 0. The largest absolute Gasteiger partial charge is 0.486 e. The molecule has 0 atom stereocenters. The Labute approximate surface area is 120 Å². The Morgan fingerprint density at radius 1 is 1.10 bits per heavy atom. The maximum Gasteiger partial charge on any atom is 0.202 e. The van der Waals surface area contributed by atoms with E-state index in [0.29, 0.717) is 12.4 Å². The van der Waals surface area contributed by atoms with Gasteiger partial charge >= 0.3 is 0 Å². The Morgan fingerprint density at radius 2 is 1.86 bits per heavy atom. The second kappa shape index (κ2) is 5.16. The molecule has 3 nitrogen and oxygen atoms in total. The topological polar surface area (TPSA) is 35.5 Å². The molecule has 2 aromatic carbocycles. The third kappa shape index (κ3) is 2.24. The number of benzene rings is 2. The predicted octanol–water partition coefficient (Wildman–Crippen LogP) is 3.28. The first-order valence-corrected chi connectivity index (χ1v) is 6.47. The van der Waals surface area contributed by atoms with E-state index in [1.807, 2.05) is 0 Å². The third-order valence-electron chi connectivity index (χ3n) is 3.32. The van der Waals surface area contributed by atoms with Gasteiger partial charge in [-0.1, -0.05) is 12.1 Å². The molecule has 0 radical (unpaired) electrons. The molecule has 2 aromatic rings. The molecular weight excluding hydrogens is 278 g/mol. The standard InChI is InChI=1S/C16H12F2O3/c1-9-5-6-11(17)13(14(9)18)15(19)10-3-2-4-12-16(10)21-8-7-20-12/h2-6H,7-8H2,1H3. The smallest absolute Gasteiger partial charge is 0.202 e. The van der Waals surface area contributed by atoms with Gasteiger partial charge in [0, 0.05) is 0 Å². The maximum absolute atomic E-state index is 14.1. The van der Waals surface area contributed by atoms with Crippen molar-refractivity contribution >= 4 is 5.78 Å². The minimum absolute atomic E-state index is 0.0931. The molecule has 0 bridgehead atoms. The van der Waals surface area contributed by atoms with Gasteiger partial charge in [0.15, 0.2) is 11.5 Å². The molecule has 0 saturated carbocycles. The van der Waals surface area contributed by atoms with E-state index in [1.54, 1.807) is 12.1 Å². The van der Waals surface area contributed by atoms with Crippen molar-refractivity contribution in [3.05, 3.63) is 58.7 Å². The zero-order valence-corrected chi connectivity index (χ0v) is 11.3. The summed E-state index contributed by atoms with van der Waals surface area (Å²) in [5.74, 6) is -1.86. The lowest BCUT2D eigenvalue weighted by molar-refractivity contribution is 0.101. The van der Waals surface area contributed by atoms with Crippen LogP contribution in [0.2, 0.25) is 0 Å². The number of fused-ring (bicyclic) bond motifs is 1. The first-order chi connectivity index (χ1) is 10.1. The van der Waals surface area contributed by atoms with E-state index < -0.39 is 23.0 Å². The van der Waals surface area contributed by atoms with Crippen LogP contribution in [0.1, 0.15) is 21.5 Å². The van der Waals surface area contributed by atoms with Crippen LogP contribution < -0.4 is 9.47 Å². The van der Waals surface area contributed by atoms with Crippen molar-refractivity contribution in [2.75, 3.05) is 13.2 Å². The first-order valence-electron chi connectivity index (χ1n) is 6.47. The van der Waals surface area contributed by atoms with E-state index in [2.05, 4.69) is 0 Å². The molecule has 5 heteroatoms. The van der Waals surface area contributed by atoms with E-state index in [9.17, 15) is 13.6 Å². The lowest BCUT2D eigenvalue weighted by Crippen LogP contribution is -2.18. The zero-order valence-electron chi connectivity index (χ0n) is 11.3. The number of carbonyl (C=O) groups excluding carboxylic acids is 1. The highest BCUT2D eigenvalue weighted by Crippen LogP contribution is 2.35. The number of para-hydroxylation sites is 1. The molecule has 1 aliphatic rings. The molecule has 3 rings (SSSR count). The summed E-state index contributed by atoms with van der Waals surface area (Å²) < 4.78 is 38.7. The number of aryl methyl sites for hydroxylation is 1. The summed E-state index contributed by atoms with van der Waals surface area (Å²) in [5, 5.41) is 0.